The standard InChI is InChI=1S/C10H11Cl2N3O3/c1-14-6-4-15(9(16)8(11)12)3-2-5(6)7(13-14)10(17)18/h8H,2-4H2,1H3,(H,17,18). The number of carbonyl (C=O) groups excluding carboxylic acids is 1. The summed E-state index contributed by atoms with van der Waals surface area (Å²) in [5, 5.41) is 13.0. The zero-order chi connectivity index (χ0) is 13.4. The Hall–Kier alpha value is -1.27. The monoisotopic (exact) mass is 291 g/mol. The highest BCUT2D eigenvalue weighted by Crippen LogP contribution is 2.23. The molecule has 2 heterocycles. The number of alkyl halides is 2. The van der Waals surface area contributed by atoms with Crippen LogP contribution in [0.25, 0.3) is 0 Å². The number of carbonyl (C=O) groups is 2. The van der Waals surface area contributed by atoms with Gasteiger partial charge in [0.25, 0.3) is 5.91 Å². The first-order valence-corrected chi connectivity index (χ1v) is 6.14. The number of hydrogen-bond donors (Lipinski definition) is 1. The SMILES string of the molecule is Cn1nc(C(=O)O)c2c1CN(C(=O)C(Cl)Cl)CC2. The highest BCUT2D eigenvalue weighted by Gasteiger charge is 2.30. The van der Waals surface area contributed by atoms with E-state index in [0.29, 0.717) is 24.2 Å². The van der Waals surface area contributed by atoms with Crippen LogP contribution in [0.2, 0.25) is 0 Å². The van der Waals surface area contributed by atoms with Gasteiger partial charge in [0.05, 0.1) is 12.2 Å². The molecule has 0 unspecified atom stereocenters. The topological polar surface area (TPSA) is 75.4 Å². The molecule has 0 aromatic carbocycles. The maximum atomic E-state index is 11.7. The number of carboxylic acid groups (broad SMARTS) is 1. The van der Waals surface area contributed by atoms with Gasteiger partial charge < -0.3 is 10.0 Å². The molecule has 1 aliphatic rings. The minimum absolute atomic E-state index is 0.0490. The summed E-state index contributed by atoms with van der Waals surface area (Å²) in [5.41, 5.74) is 1.43. The van der Waals surface area contributed by atoms with Crippen molar-refractivity contribution in [3.63, 3.8) is 0 Å². The molecule has 18 heavy (non-hydrogen) atoms. The molecule has 1 aliphatic heterocycles. The fraction of sp³-hybridized carbons (Fsp3) is 0.500. The highest BCUT2D eigenvalue weighted by atomic mass is 35.5. The number of carboxylic acids is 1. The number of amides is 1. The number of fused-ring (bicyclic) bond motifs is 1. The summed E-state index contributed by atoms with van der Waals surface area (Å²) in [4.78, 5) is 23.1. The van der Waals surface area contributed by atoms with Crippen LogP contribution < -0.4 is 0 Å². The molecule has 2 rings (SSSR count). The van der Waals surface area contributed by atoms with E-state index < -0.39 is 10.8 Å². The Kier molecular flexibility index (Phi) is 3.49. The number of aromatic nitrogens is 2. The fourth-order valence-corrected chi connectivity index (χ4v) is 2.34. The zero-order valence-electron chi connectivity index (χ0n) is 9.56. The van der Waals surface area contributed by atoms with Gasteiger partial charge in [-0.25, -0.2) is 4.79 Å². The van der Waals surface area contributed by atoms with Gasteiger partial charge in [0, 0.05) is 19.2 Å². The fourth-order valence-electron chi connectivity index (χ4n) is 2.07. The van der Waals surface area contributed by atoms with Crippen molar-refractivity contribution in [3.8, 4) is 0 Å². The minimum Gasteiger partial charge on any atom is -0.476 e. The number of aryl methyl sites for hydroxylation is 1. The molecule has 0 aliphatic carbocycles. The molecule has 1 N–H and O–H groups in total. The van der Waals surface area contributed by atoms with Gasteiger partial charge in [-0.05, 0) is 6.42 Å². The summed E-state index contributed by atoms with van der Waals surface area (Å²) in [6.07, 6.45) is 0.442. The molecular weight excluding hydrogens is 281 g/mol. The van der Waals surface area contributed by atoms with E-state index in [1.165, 1.54) is 9.58 Å². The van der Waals surface area contributed by atoms with Crippen LogP contribution in [-0.4, -0.2) is 43.0 Å². The molecule has 0 radical (unpaired) electrons. The number of nitrogens with zero attached hydrogens (tertiary/aromatic N) is 3. The molecule has 0 atom stereocenters. The molecule has 1 aromatic rings. The van der Waals surface area contributed by atoms with Gasteiger partial charge in [-0.3, -0.25) is 9.48 Å². The van der Waals surface area contributed by atoms with Crippen LogP contribution in [0.1, 0.15) is 21.7 Å². The van der Waals surface area contributed by atoms with Crippen molar-refractivity contribution >= 4 is 35.1 Å². The van der Waals surface area contributed by atoms with Gasteiger partial charge in [0.1, 0.15) is 0 Å². The largest absolute Gasteiger partial charge is 0.476 e. The predicted molar refractivity (Wildman–Crippen MR) is 64.8 cm³/mol. The van der Waals surface area contributed by atoms with Crippen LogP contribution in [0.15, 0.2) is 0 Å². The highest BCUT2D eigenvalue weighted by molar-refractivity contribution is 6.53. The third-order valence-corrected chi connectivity index (χ3v) is 3.32. The normalized spacial score (nSPS) is 14.8. The van der Waals surface area contributed by atoms with Crippen molar-refractivity contribution in [1.29, 1.82) is 0 Å². The lowest BCUT2D eigenvalue weighted by atomic mass is 10.0. The summed E-state index contributed by atoms with van der Waals surface area (Å²) >= 11 is 11.1. The Morgan fingerprint density at radius 3 is 2.67 bits per heavy atom. The van der Waals surface area contributed by atoms with E-state index in [1.807, 2.05) is 0 Å². The summed E-state index contributed by atoms with van der Waals surface area (Å²) in [6.45, 7) is 0.675. The van der Waals surface area contributed by atoms with Crippen LogP contribution >= 0.6 is 23.2 Å². The zero-order valence-corrected chi connectivity index (χ0v) is 11.1. The Balaban J connectivity index is 2.30. The first-order valence-electron chi connectivity index (χ1n) is 5.26. The second-order valence-corrected chi connectivity index (χ2v) is 5.11. The lowest BCUT2D eigenvalue weighted by Gasteiger charge is -2.27. The van der Waals surface area contributed by atoms with E-state index in [2.05, 4.69) is 5.10 Å². The lowest BCUT2D eigenvalue weighted by Crippen LogP contribution is -2.39. The van der Waals surface area contributed by atoms with Crippen LogP contribution in [0.4, 0.5) is 0 Å². The van der Waals surface area contributed by atoms with E-state index in [9.17, 15) is 9.59 Å². The average Bonchev–Trinajstić information content (AvgIpc) is 2.65. The van der Waals surface area contributed by atoms with E-state index in [4.69, 9.17) is 28.3 Å². The van der Waals surface area contributed by atoms with Gasteiger partial charge in [-0.2, -0.15) is 5.10 Å². The molecule has 0 bridgehead atoms. The summed E-state index contributed by atoms with van der Waals surface area (Å²) in [6, 6.07) is 0. The quantitative estimate of drug-likeness (QED) is 0.818. The lowest BCUT2D eigenvalue weighted by molar-refractivity contribution is -0.130. The summed E-state index contributed by atoms with van der Waals surface area (Å²) in [5.74, 6) is -1.43. The molecule has 98 valence electrons. The van der Waals surface area contributed by atoms with Crippen LogP contribution in [0.3, 0.4) is 0 Å². The van der Waals surface area contributed by atoms with Crippen LogP contribution in [0, 0.1) is 0 Å². The van der Waals surface area contributed by atoms with Crippen molar-refractivity contribution < 1.29 is 14.7 Å². The predicted octanol–water partition coefficient (Wildman–Crippen LogP) is 0.807. The molecular formula is C10H11Cl2N3O3. The Labute approximate surface area is 113 Å². The molecule has 0 saturated heterocycles. The molecule has 6 nitrogen and oxygen atoms in total. The number of halogens is 2. The first-order chi connectivity index (χ1) is 8.41. The molecule has 1 aromatic heterocycles. The number of aromatic carboxylic acids is 1. The van der Waals surface area contributed by atoms with E-state index in [1.54, 1.807) is 7.05 Å². The maximum absolute atomic E-state index is 11.7. The van der Waals surface area contributed by atoms with Crippen LogP contribution in [0.5, 0.6) is 0 Å². The smallest absolute Gasteiger partial charge is 0.356 e. The van der Waals surface area contributed by atoms with Gasteiger partial charge in [-0.15, -0.1) is 0 Å². The second kappa shape index (κ2) is 4.78. The Morgan fingerprint density at radius 1 is 1.44 bits per heavy atom. The Morgan fingerprint density at radius 2 is 2.11 bits per heavy atom. The molecule has 1 amide bonds. The summed E-state index contributed by atoms with van der Waals surface area (Å²) in [7, 11) is 1.65. The van der Waals surface area contributed by atoms with Crippen molar-refractivity contribution in [1.82, 2.24) is 14.7 Å². The third kappa shape index (κ3) is 2.18. The van der Waals surface area contributed by atoms with Gasteiger partial charge >= 0.3 is 5.97 Å². The third-order valence-electron chi connectivity index (χ3n) is 2.95. The molecule has 8 heteroatoms. The van der Waals surface area contributed by atoms with Gasteiger partial charge in [-0.1, -0.05) is 23.2 Å². The number of hydrogen-bond acceptors (Lipinski definition) is 3. The van der Waals surface area contributed by atoms with Crippen molar-refractivity contribution in [3.05, 3.63) is 17.0 Å². The maximum Gasteiger partial charge on any atom is 0.356 e. The van der Waals surface area contributed by atoms with E-state index in [0.717, 1.165) is 0 Å². The minimum atomic E-state index is -1.10. The molecule has 0 fully saturated rings. The van der Waals surface area contributed by atoms with Crippen molar-refractivity contribution in [2.75, 3.05) is 6.54 Å². The summed E-state index contributed by atoms with van der Waals surface area (Å²) < 4.78 is 1.48. The van der Waals surface area contributed by atoms with Gasteiger partial charge in [0.15, 0.2) is 10.5 Å². The Bertz CT molecular complexity index is 513. The first kappa shape index (κ1) is 13.2. The van der Waals surface area contributed by atoms with Gasteiger partial charge in [0.2, 0.25) is 0 Å². The molecule has 0 saturated carbocycles. The second-order valence-electron chi connectivity index (χ2n) is 4.01. The average molecular weight is 292 g/mol. The molecule has 0 spiro atoms. The van der Waals surface area contributed by atoms with Crippen molar-refractivity contribution in [2.45, 2.75) is 17.8 Å². The number of rotatable bonds is 2. The van der Waals surface area contributed by atoms with Crippen molar-refractivity contribution in [2.24, 2.45) is 7.05 Å². The van der Waals surface area contributed by atoms with Crippen LogP contribution in [-0.2, 0) is 24.8 Å². The van der Waals surface area contributed by atoms with E-state index >= 15 is 0 Å². The van der Waals surface area contributed by atoms with E-state index in [-0.39, 0.29) is 18.1 Å².